The maximum absolute atomic E-state index is 12.2. The number of ketones is 1. The number of aryl methyl sites for hydroxylation is 1. The van der Waals surface area contributed by atoms with Gasteiger partial charge in [-0.3, -0.25) is 4.79 Å². The van der Waals surface area contributed by atoms with Crippen LogP contribution in [0.5, 0.6) is 0 Å². The van der Waals surface area contributed by atoms with Crippen LogP contribution in [0.3, 0.4) is 0 Å². The van der Waals surface area contributed by atoms with E-state index in [-0.39, 0.29) is 5.78 Å². The zero-order valence-corrected chi connectivity index (χ0v) is 10.3. The zero-order chi connectivity index (χ0) is 12.3. The van der Waals surface area contributed by atoms with Crippen LogP contribution in [0, 0.1) is 0 Å². The fourth-order valence-electron chi connectivity index (χ4n) is 1.67. The molecule has 1 aromatic heterocycles. The van der Waals surface area contributed by atoms with Gasteiger partial charge in [-0.15, -0.1) is 0 Å². The summed E-state index contributed by atoms with van der Waals surface area (Å²) in [5.74, 6) is 0.411. The minimum absolute atomic E-state index is 0.0693. The molecule has 0 saturated carbocycles. The number of aromatic nitrogens is 2. The molecule has 88 valence electrons. The van der Waals surface area contributed by atoms with Crippen molar-refractivity contribution in [2.75, 3.05) is 0 Å². The third-order valence-corrected chi connectivity index (χ3v) is 2.74. The molecular weight excluding hydrogens is 236 g/mol. The Morgan fingerprint density at radius 1 is 1.35 bits per heavy atom. The highest BCUT2D eigenvalue weighted by Gasteiger charge is 2.14. The molecule has 0 saturated heterocycles. The Bertz CT molecular complexity index is 516. The van der Waals surface area contributed by atoms with Crippen LogP contribution in [0.2, 0.25) is 5.02 Å². The SMILES string of the molecule is CCCn1ccnc1C(=O)c1ccc(Cl)cc1. The van der Waals surface area contributed by atoms with E-state index in [2.05, 4.69) is 11.9 Å². The van der Waals surface area contributed by atoms with E-state index in [1.807, 2.05) is 10.8 Å². The number of hydrogen-bond acceptors (Lipinski definition) is 2. The van der Waals surface area contributed by atoms with Crippen molar-refractivity contribution in [1.29, 1.82) is 0 Å². The van der Waals surface area contributed by atoms with E-state index in [1.165, 1.54) is 0 Å². The summed E-state index contributed by atoms with van der Waals surface area (Å²) < 4.78 is 1.87. The number of carbonyl (C=O) groups excluding carboxylic acids is 1. The molecule has 0 bridgehead atoms. The Kier molecular flexibility index (Phi) is 3.59. The molecule has 0 aliphatic carbocycles. The number of rotatable bonds is 4. The molecule has 0 aliphatic heterocycles. The summed E-state index contributed by atoms with van der Waals surface area (Å²) in [6.07, 6.45) is 4.45. The summed E-state index contributed by atoms with van der Waals surface area (Å²) in [6.45, 7) is 2.87. The summed E-state index contributed by atoms with van der Waals surface area (Å²) in [6, 6.07) is 6.86. The van der Waals surface area contributed by atoms with Crippen LogP contribution in [0.4, 0.5) is 0 Å². The van der Waals surface area contributed by atoms with E-state index >= 15 is 0 Å². The lowest BCUT2D eigenvalue weighted by Crippen LogP contribution is -2.11. The van der Waals surface area contributed by atoms with Gasteiger partial charge in [0.25, 0.3) is 0 Å². The Hall–Kier alpha value is -1.61. The molecule has 0 aliphatic rings. The molecule has 2 rings (SSSR count). The van der Waals surface area contributed by atoms with Crippen molar-refractivity contribution >= 4 is 17.4 Å². The molecule has 0 unspecified atom stereocenters. The van der Waals surface area contributed by atoms with Gasteiger partial charge in [0.05, 0.1) is 0 Å². The molecule has 0 fully saturated rings. The van der Waals surface area contributed by atoms with Gasteiger partial charge in [-0.2, -0.15) is 0 Å². The Morgan fingerprint density at radius 3 is 2.71 bits per heavy atom. The van der Waals surface area contributed by atoms with Gasteiger partial charge >= 0.3 is 0 Å². The largest absolute Gasteiger partial charge is 0.328 e. The minimum Gasteiger partial charge on any atom is -0.328 e. The summed E-state index contributed by atoms with van der Waals surface area (Å²) in [5.41, 5.74) is 0.609. The summed E-state index contributed by atoms with van der Waals surface area (Å²) in [7, 11) is 0. The Morgan fingerprint density at radius 2 is 2.06 bits per heavy atom. The standard InChI is InChI=1S/C13H13ClN2O/c1-2-8-16-9-7-15-13(16)12(17)10-3-5-11(14)6-4-10/h3-7,9H,2,8H2,1H3. The molecule has 17 heavy (non-hydrogen) atoms. The van der Waals surface area contributed by atoms with Gasteiger partial charge in [-0.05, 0) is 30.7 Å². The van der Waals surface area contributed by atoms with Gasteiger partial charge in [0, 0.05) is 29.5 Å². The Labute approximate surface area is 105 Å². The monoisotopic (exact) mass is 248 g/mol. The minimum atomic E-state index is -0.0693. The van der Waals surface area contributed by atoms with Gasteiger partial charge < -0.3 is 4.57 Å². The van der Waals surface area contributed by atoms with Gasteiger partial charge in [0.1, 0.15) is 0 Å². The van der Waals surface area contributed by atoms with E-state index in [9.17, 15) is 4.79 Å². The first-order chi connectivity index (χ1) is 8.22. The summed E-state index contributed by atoms with van der Waals surface area (Å²) in [4.78, 5) is 16.3. The van der Waals surface area contributed by atoms with Crippen LogP contribution in [-0.4, -0.2) is 15.3 Å². The number of hydrogen-bond donors (Lipinski definition) is 0. The predicted octanol–water partition coefficient (Wildman–Crippen LogP) is 3.18. The quantitative estimate of drug-likeness (QED) is 0.779. The maximum atomic E-state index is 12.2. The fourth-order valence-corrected chi connectivity index (χ4v) is 1.80. The van der Waals surface area contributed by atoms with Crippen molar-refractivity contribution in [2.24, 2.45) is 0 Å². The summed E-state index contributed by atoms with van der Waals surface area (Å²) >= 11 is 5.79. The number of imidazole rings is 1. The molecule has 2 aromatic rings. The van der Waals surface area contributed by atoms with E-state index in [0.717, 1.165) is 13.0 Å². The van der Waals surface area contributed by atoms with Crippen LogP contribution in [-0.2, 0) is 6.54 Å². The zero-order valence-electron chi connectivity index (χ0n) is 9.56. The van der Waals surface area contributed by atoms with Crippen molar-refractivity contribution in [2.45, 2.75) is 19.9 Å². The number of halogens is 1. The second-order valence-electron chi connectivity index (χ2n) is 3.78. The van der Waals surface area contributed by atoms with Crippen molar-refractivity contribution in [3.8, 4) is 0 Å². The average Bonchev–Trinajstić information content (AvgIpc) is 2.78. The number of carbonyl (C=O) groups is 1. The second kappa shape index (κ2) is 5.15. The Balaban J connectivity index is 2.30. The lowest BCUT2D eigenvalue weighted by Gasteiger charge is -2.05. The van der Waals surface area contributed by atoms with Crippen LogP contribution in [0.25, 0.3) is 0 Å². The van der Waals surface area contributed by atoms with E-state index < -0.39 is 0 Å². The van der Waals surface area contributed by atoms with Gasteiger partial charge in [0.15, 0.2) is 5.82 Å². The van der Waals surface area contributed by atoms with Crippen molar-refractivity contribution in [3.05, 3.63) is 53.1 Å². The highest BCUT2D eigenvalue weighted by atomic mass is 35.5. The fraction of sp³-hybridized carbons (Fsp3) is 0.231. The summed E-state index contributed by atoms with van der Waals surface area (Å²) in [5, 5.41) is 0.624. The van der Waals surface area contributed by atoms with Gasteiger partial charge in [-0.1, -0.05) is 18.5 Å². The smallest absolute Gasteiger partial charge is 0.228 e. The first kappa shape index (κ1) is 11.9. The van der Waals surface area contributed by atoms with Crippen LogP contribution < -0.4 is 0 Å². The second-order valence-corrected chi connectivity index (χ2v) is 4.22. The molecule has 3 nitrogen and oxygen atoms in total. The maximum Gasteiger partial charge on any atom is 0.228 e. The molecule has 0 amide bonds. The van der Waals surface area contributed by atoms with Crippen LogP contribution >= 0.6 is 11.6 Å². The molecule has 0 atom stereocenters. The third-order valence-electron chi connectivity index (χ3n) is 2.49. The molecular formula is C13H13ClN2O. The van der Waals surface area contributed by atoms with Crippen LogP contribution in [0.1, 0.15) is 29.5 Å². The van der Waals surface area contributed by atoms with Gasteiger partial charge in [0.2, 0.25) is 5.78 Å². The number of nitrogens with zero attached hydrogens (tertiary/aromatic N) is 2. The average molecular weight is 249 g/mol. The molecule has 4 heteroatoms. The normalized spacial score (nSPS) is 10.5. The van der Waals surface area contributed by atoms with Crippen molar-refractivity contribution in [1.82, 2.24) is 9.55 Å². The van der Waals surface area contributed by atoms with Crippen molar-refractivity contribution in [3.63, 3.8) is 0 Å². The van der Waals surface area contributed by atoms with E-state index in [0.29, 0.717) is 16.4 Å². The molecule has 0 N–H and O–H groups in total. The van der Waals surface area contributed by atoms with E-state index in [4.69, 9.17) is 11.6 Å². The lowest BCUT2D eigenvalue weighted by molar-refractivity contribution is 0.102. The third kappa shape index (κ3) is 2.56. The predicted molar refractivity (Wildman–Crippen MR) is 67.4 cm³/mol. The van der Waals surface area contributed by atoms with Crippen molar-refractivity contribution < 1.29 is 4.79 Å². The highest BCUT2D eigenvalue weighted by molar-refractivity contribution is 6.30. The molecule has 0 radical (unpaired) electrons. The lowest BCUT2D eigenvalue weighted by atomic mass is 10.1. The van der Waals surface area contributed by atoms with Crippen LogP contribution in [0.15, 0.2) is 36.7 Å². The molecule has 1 heterocycles. The molecule has 1 aromatic carbocycles. The van der Waals surface area contributed by atoms with E-state index in [1.54, 1.807) is 30.5 Å². The van der Waals surface area contributed by atoms with Gasteiger partial charge in [-0.25, -0.2) is 4.98 Å². The highest BCUT2D eigenvalue weighted by Crippen LogP contribution is 2.13. The topological polar surface area (TPSA) is 34.9 Å². The first-order valence-corrected chi connectivity index (χ1v) is 5.91. The molecule has 0 spiro atoms. The first-order valence-electron chi connectivity index (χ1n) is 5.53. The number of benzene rings is 1.